The number of likely N-dealkylation sites (tertiary alicyclic amines) is 1. The van der Waals surface area contributed by atoms with Gasteiger partial charge in [-0.2, -0.15) is 0 Å². The van der Waals surface area contributed by atoms with Gasteiger partial charge in [0.1, 0.15) is 0 Å². The van der Waals surface area contributed by atoms with E-state index in [1.807, 2.05) is 25.8 Å². The van der Waals surface area contributed by atoms with Crippen molar-refractivity contribution in [3.63, 3.8) is 0 Å². The van der Waals surface area contributed by atoms with Crippen LogP contribution in [0.15, 0.2) is 23.7 Å². The van der Waals surface area contributed by atoms with E-state index in [4.69, 9.17) is 9.47 Å². The highest BCUT2D eigenvalue weighted by Gasteiger charge is 2.28. The lowest BCUT2D eigenvalue weighted by atomic mass is 9.93. The number of nitrogens with one attached hydrogen (secondary N) is 1. The fourth-order valence-electron chi connectivity index (χ4n) is 2.91. The van der Waals surface area contributed by atoms with Gasteiger partial charge in [0, 0.05) is 46.2 Å². The van der Waals surface area contributed by atoms with Crippen molar-refractivity contribution >= 4 is 29.9 Å². The van der Waals surface area contributed by atoms with E-state index in [1.165, 1.54) is 0 Å². The van der Waals surface area contributed by atoms with E-state index < -0.39 is 0 Å². The first-order valence-corrected chi connectivity index (χ1v) is 8.26. The minimum atomic E-state index is 0. The molecular formula is C16H30IN5O2. The highest BCUT2D eigenvalue weighted by atomic mass is 127. The molecule has 0 saturated carbocycles. The Morgan fingerprint density at radius 3 is 2.88 bits per heavy atom. The topological polar surface area (TPSA) is 63.9 Å². The van der Waals surface area contributed by atoms with Crippen LogP contribution in [0.2, 0.25) is 0 Å². The molecule has 1 aromatic rings. The van der Waals surface area contributed by atoms with Gasteiger partial charge in [0.15, 0.2) is 5.96 Å². The Bertz CT molecular complexity index is 469. The maximum Gasteiger partial charge on any atom is 0.193 e. The first kappa shape index (κ1) is 21.2. The van der Waals surface area contributed by atoms with Crippen LogP contribution in [0.5, 0.6) is 0 Å². The summed E-state index contributed by atoms with van der Waals surface area (Å²) in [6.45, 7) is 6.93. The van der Waals surface area contributed by atoms with Crippen molar-refractivity contribution in [1.29, 1.82) is 0 Å². The molecule has 2 unspecified atom stereocenters. The predicted octanol–water partition coefficient (Wildman–Crippen LogP) is 1.62. The molecule has 0 aliphatic carbocycles. The van der Waals surface area contributed by atoms with Gasteiger partial charge in [-0.3, -0.25) is 4.99 Å². The van der Waals surface area contributed by atoms with Gasteiger partial charge < -0.3 is 24.3 Å². The second-order valence-corrected chi connectivity index (χ2v) is 5.87. The number of halogens is 1. The van der Waals surface area contributed by atoms with Crippen molar-refractivity contribution < 1.29 is 9.47 Å². The van der Waals surface area contributed by atoms with E-state index in [0.717, 1.165) is 32.0 Å². The molecule has 0 aromatic carbocycles. The number of aliphatic imine (C=N–C) groups is 1. The SMILES string of the molecule is CN=C(NCCOCCOC)N1CCC(C)C(n2ccnc2)C1.I. The fraction of sp³-hybridized carbons (Fsp3) is 0.750. The maximum absolute atomic E-state index is 5.48. The molecule has 2 rings (SSSR count). The predicted molar refractivity (Wildman–Crippen MR) is 106 cm³/mol. The summed E-state index contributed by atoms with van der Waals surface area (Å²) in [7, 11) is 3.51. The molecule has 7 nitrogen and oxygen atoms in total. The molecule has 0 amide bonds. The Morgan fingerprint density at radius 2 is 2.21 bits per heavy atom. The van der Waals surface area contributed by atoms with Crippen LogP contribution in [0.25, 0.3) is 0 Å². The molecule has 1 N–H and O–H groups in total. The summed E-state index contributed by atoms with van der Waals surface area (Å²) < 4.78 is 12.6. The van der Waals surface area contributed by atoms with E-state index in [1.54, 1.807) is 7.11 Å². The van der Waals surface area contributed by atoms with Crippen molar-refractivity contribution in [2.24, 2.45) is 10.9 Å². The van der Waals surface area contributed by atoms with Crippen LogP contribution in [0, 0.1) is 5.92 Å². The third-order valence-electron chi connectivity index (χ3n) is 4.30. The van der Waals surface area contributed by atoms with Gasteiger partial charge >= 0.3 is 0 Å². The second kappa shape index (κ2) is 11.6. The molecule has 1 aliphatic rings. The summed E-state index contributed by atoms with van der Waals surface area (Å²) in [4.78, 5) is 10.9. The van der Waals surface area contributed by atoms with Crippen LogP contribution in [0.1, 0.15) is 19.4 Å². The van der Waals surface area contributed by atoms with E-state index in [-0.39, 0.29) is 24.0 Å². The molecule has 138 valence electrons. The quantitative estimate of drug-likeness (QED) is 0.296. The molecule has 0 spiro atoms. The number of aromatic nitrogens is 2. The Kier molecular flexibility index (Phi) is 10.3. The van der Waals surface area contributed by atoms with Crippen LogP contribution in [0.4, 0.5) is 0 Å². The van der Waals surface area contributed by atoms with Crippen molar-refractivity contribution in [3.8, 4) is 0 Å². The van der Waals surface area contributed by atoms with Gasteiger partial charge in [0.05, 0.1) is 32.2 Å². The molecule has 2 heterocycles. The minimum absolute atomic E-state index is 0. The zero-order valence-electron chi connectivity index (χ0n) is 14.9. The molecule has 0 bridgehead atoms. The van der Waals surface area contributed by atoms with E-state index >= 15 is 0 Å². The highest BCUT2D eigenvalue weighted by Crippen LogP contribution is 2.27. The number of nitrogens with zero attached hydrogens (tertiary/aromatic N) is 4. The Morgan fingerprint density at radius 1 is 1.38 bits per heavy atom. The molecule has 1 aliphatic heterocycles. The lowest BCUT2D eigenvalue weighted by molar-refractivity contribution is 0.0729. The second-order valence-electron chi connectivity index (χ2n) is 5.87. The number of imidazole rings is 1. The third-order valence-corrected chi connectivity index (χ3v) is 4.30. The normalized spacial score (nSPS) is 21.5. The van der Waals surface area contributed by atoms with Crippen LogP contribution in [-0.4, -0.2) is 74.0 Å². The highest BCUT2D eigenvalue weighted by molar-refractivity contribution is 14.0. The lowest BCUT2D eigenvalue weighted by Gasteiger charge is -2.39. The van der Waals surface area contributed by atoms with Crippen molar-refractivity contribution in [2.75, 3.05) is 53.6 Å². The van der Waals surface area contributed by atoms with Gasteiger partial charge in [-0.1, -0.05) is 6.92 Å². The van der Waals surface area contributed by atoms with E-state index in [9.17, 15) is 0 Å². The smallest absolute Gasteiger partial charge is 0.193 e. The van der Waals surface area contributed by atoms with Crippen molar-refractivity contribution in [1.82, 2.24) is 19.8 Å². The minimum Gasteiger partial charge on any atom is -0.382 e. The number of hydrogen-bond acceptors (Lipinski definition) is 4. The van der Waals surface area contributed by atoms with Gasteiger partial charge in [0.25, 0.3) is 0 Å². The monoisotopic (exact) mass is 451 g/mol. The number of ether oxygens (including phenoxy) is 2. The Labute approximate surface area is 161 Å². The molecule has 2 atom stereocenters. The fourth-order valence-corrected chi connectivity index (χ4v) is 2.91. The van der Waals surface area contributed by atoms with Crippen molar-refractivity contribution in [3.05, 3.63) is 18.7 Å². The Balaban J connectivity index is 0.00000288. The Hall–Kier alpha value is -0.870. The van der Waals surface area contributed by atoms with E-state index in [0.29, 0.717) is 31.8 Å². The summed E-state index contributed by atoms with van der Waals surface area (Å²) in [6.07, 6.45) is 6.94. The summed E-state index contributed by atoms with van der Waals surface area (Å²) in [5, 5.41) is 3.38. The molecular weight excluding hydrogens is 421 g/mol. The largest absolute Gasteiger partial charge is 0.382 e. The number of piperidine rings is 1. The number of guanidine groups is 1. The lowest BCUT2D eigenvalue weighted by Crippen LogP contribution is -2.49. The summed E-state index contributed by atoms with van der Waals surface area (Å²) in [5.74, 6) is 1.58. The van der Waals surface area contributed by atoms with Crippen molar-refractivity contribution in [2.45, 2.75) is 19.4 Å². The van der Waals surface area contributed by atoms with Crippen LogP contribution in [0.3, 0.4) is 0 Å². The standard InChI is InChI=1S/C16H29N5O2.HI/c1-14-4-7-20(12-15(14)21-8-5-18-13-21)16(17-2)19-6-9-23-11-10-22-3;/h5,8,13-15H,4,6-7,9-12H2,1-3H3,(H,17,19);1H. The molecule has 1 aromatic heterocycles. The summed E-state index contributed by atoms with van der Waals surface area (Å²) in [5.41, 5.74) is 0. The molecule has 8 heteroatoms. The summed E-state index contributed by atoms with van der Waals surface area (Å²) in [6, 6.07) is 0.433. The van der Waals surface area contributed by atoms with Gasteiger partial charge in [-0.25, -0.2) is 4.98 Å². The zero-order chi connectivity index (χ0) is 16.5. The van der Waals surface area contributed by atoms with Gasteiger partial charge in [-0.05, 0) is 12.3 Å². The summed E-state index contributed by atoms with van der Waals surface area (Å²) >= 11 is 0. The molecule has 1 fully saturated rings. The number of rotatable bonds is 7. The third kappa shape index (κ3) is 6.21. The molecule has 0 radical (unpaired) electrons. The zero-order valence-corrected chi connectivity index (χ0v) is 17.2. The van der Waals surface area contributed by atoms with Crippen LogP contribution < -0.4 is 5.32 Å². The number of methoxy groups -OCH3 is 1. The van der Waals surface area contributed by atoms with E-state index in [2.05, 4.69) is 31.7 Å². The average Bonchev–Trinajstić information content (AvgIpc) is 3.09. The average molecular weight is 451 g/mol. The molecule has 24 heavy (non-hydrogen) atoms. The first-order chi connectivity index (χ1) is 11.3. The first-order valence-electron chi connectivity index (χ1n) is 8.26. The van der Waals surface area contributed by atoms with Gasteiger partial charge in [0.2, 0.25) is 0 Å². The van der Waals surface area contributed by atoms with Crippen LogP contribution in [-0.2, 0) is 9.47 Å². The van der Waals surface area contributed by atoms with Gasteiger partial charge in [-0.15, -0.1) is 24.0 Å². The maximum atomic E-state index is 5.48. The van der Waals surface area contributed by atoms with Crippen LogP contribution >= 0.6 is 24.0 Å². The molecule has 1 saturated heterocycles. The number of hydrogen-bond donors (Lipinski definition) is 1.